The first-order valence-electron chi connectivity index (χ1n) is 6.62. The van der Waals surface area contributed by atoms with Gasteiger partial charge in [-0.15, -0.1) is 0 Å². The van der Waals surface area contributed by atoms with Gasteiger partial charge in [-0.3, -0.25) is 5.10 Å². The third-order valence-corrected chi connectivity index (χ3v) is 5.38. The molecule has 0 saturated heterocycles. The highest BCUT2D eigenvalue weighted by atomic mass is 32.2. The SMILES string of the molecule is Cc1[nH]nc(C(=O)O)c1S(=O)(=O)NC1CCC(C)CC1. The van der Waals surface area contributed by atoms with E-state index in [1.54, 1.807) is 0 Å². The number of carbonyl (C=O) groups is 1. The van der Waals surface area contributed by atoms with Crippen LogP contribution in [0.4, 0.5) is 0 Å². The Morgan fingerprint density at radius 2 is 1.95 bits per heavy atom. The van der Waals surface area contributed by atoms with E-state index in [0.717, 1.165) is 25.7 Å². The number of carboxylic acid groups (broad SMARTS) is 1. The number of aromatic nitrogens is 2. The van der Waals surface area contributed by atoms with E-state index in [-0.39, 0.29) is 16.6 Å². The molecular weight excluding hydrogens is 282 g/mol. The number of hydrogen-bond donors (Lipinski definition) is 3. The zero-order valence-electron chi connectivity index (χ0n) is 11.5. The molecule has 0 aromatic carbocycles. The van der Waals surface area contributed by atoms with Crippen molar-refractivity contribution in [3.05, 3.63) is 11.4 Å². The fourth-order valence-electron chi connectivity index (χ4n) is 2.55. The van der Waals surface area contributed by atoms with Crippen molar-refractivity contribution in [3.63, 3.8) is 0 Å². The van der Waals surface area contributed by atoms with Crippen LogP contribution in [-0.4, -0.2) is 35.7 Å². The number of rotatable bonds is 4. The van der Waals surface area contributed by atoms with Crippen LogP contribution in [0.15, 0.2) is 4.90 Å². The van der Waals surface area contributed by atoms with Crippen LogP contribution in [0.2, 0.25) is 0 Å². The molecule has 2 rings (SSSR count). The average Bonchev–Trinajstić information content (AvgIpc) is 2.75. The highest BCUT2D eigenvalue weighted by molar-refractivity contribution is 7.89. The van der Waals surface area contributed by atoms with Crippen LogP contribution in [0.25, 0.3) is 0 Å². The summed E-state index contributed by atoms with van der Waals surface area (Å²) in [6.07, 6.45) is 3.51. The second kappa shape index (κ2) is 5.53. The van der Waals surface area contributed by atoms with Crippen molar-refractivity contribution < 1.29 is 18.3 Å². The maximum absolute atomic E-state index is 12.4. The van der Waals surface area contributed by atoms with Gasteiger partial charge in [-0.2, -0.15) is 5.10 Å². The number of aryl methyl sites for hydroxylation is 1. The van der Waals surface area contributed by atoms with Gasteiger partial charge in [0.25, 0.3) is 0 Å². The van der Waals surface area contributed by atoms with Crippen molar-refractivity contribution in [1.82, 2.24) is 14.9 Å². The molecule has 1 aliphatic rings. The lowest BCUT2D eigenvalue weighted by Gasteiger charge is -2.26. The summed E-state index contributed by atoms with van der Waals surface area (Å²) in [6.45, 7) is 3.64. The molecule has 1 aromatic rings. The number of carboxylic acids is 1. The summed E-state index contributed by atoms with van der Waals surface area (Å²) in [5.74, 6) is -0.743. The summed E-state index contributed by atoms with van der Waals surface area (Å²) < 4.78 is 27.3. The second-order valence-corrected chi connectivity index (χ2v) is 7.06. The minimum Gasteiger partial charge on any atom is -0.476 e. The Hall–Kier alpha value is -1.41. The maximum atomic E-state index is 12.4. The van der Waals surface area contributed by atoms with Gasteiger partial charge in [0.05, 0.1) is 5.69 Å². The van der Waals surface area contributed by atoms with Gasteiger partial charge in [0.15, 0.2) is 5.69 Å². The maximum Gasteiger partial charge on any atom is 0.357 e. The summed E-state index contributed by atoms with van der Waals surface area (Å²) in [5.41, 5.74) is -0.224. The van der Waals surface area contributed by atoms with E-state index in [4.69, 9.17) is 5.11 Å². The lowest BCUT2D eigenvalue weighted by molar-refractivity contribution is 0.0686. The first-order chi connectivity index (χ1) is 9.31. The van der Waals surface area contributed by atoms with Crippen LogP contribution in [0, 0.1) is 12.8 Å². The Bertz CT molecular complexity index is 600. The average molecular weight is 301 g/mol. The first kappa shape index (κ1) is 15.0. The van der Waals surface area contributed by atoms with Gasteiger partial charge < -0.3 is 5.11 Å². The third kappa shape index (κ3) is 3.01. The van der Waals surface area contributed by atoms with E-state index >= 15 is 0 Å². The van der Waals surface area contributed by atoms with Crippen molar-refractivity contribution >= 4 is 16.0 Å². The molecule has 1 aromatic heterocycles. The van der Waals surface area contributed by atoms with E-state index in [1.807, 2.05) is 0 Å². The third-order valence-electron chi connectivity index (χ3n) is 3.70. The Balaban J connectivity index is 2.23. The Labute approximate surface area is 117 Å². The number of sulfonamides is 1. The Morgan fingerprint density at radius 1 is 1.35 bits per heavy atom. The molecular formula is C12H19N3O4S. The van der Waals surface area contributed by atoms with E-state index in [1.165, 1.54) is 6.92 Å². The standard InChI is InChI=1S/C12H19N3O4S/c1-7-3-5-9(6-4-7)15-20(18,19)11-8(2)13-14-10(11)12(16)17/h7,9,15H,3-6H2,1-2H3,(H,13,14)(H,16,17). The van der Waals surface area contributed by atoms with Crippen molar-refractivity contribution in [2.75, 3.05) is 0 Å². The number of aromatic carboxylic acids is 1. The highest BCUT2D eigenvalue weighted by Crippen LogP contribution is 2.25. The predicted molar refractivity (Wildman–Crippen MR) is 72.0 cm³/mol. The molecule has 0 aliphatic heterocycles. The normalized spacial score (nSPS) is 23.7. The summed E-state index contributed by atoms with van der Waals surface area (Å²) in [5, 5.41) is 15.0. The van der Waals surface area contributed by atoms with E-state index in [2.05, 4.69) is 21.8 Å². The summed E-state index contributed by atoms with van der Waals surface area (Å²) in [6, 6.07) is -0.132. The van der Waals surface area contributed by atoms with Crippen LogP contribution in [0.3, 0.4) is 0 Å². The van der Waals surface area contributed by atoms with Gasteiger partial charge in [0.2, 0.25) is 10.0 Å². The van der Waals surface area contributed by atoms with E-state index in [0.29, 0.717) is 5.92 Å². The highest BCUT2D eigenvalue weighted by Gasteiger charge is 2.31. The number of aromatic amines is 1. The predicted octanol–water partition coefficient (Wildman–Crippen LogP) is 1.27. The molecule has 0 radical (unpaired) electrons. The fourth-order valence-corrected chi connectivity index (χ4v) is 4.18. The minimum absolute atomic E-state index is 0.132. The van der Waals surface area contributed by atoms with Gasteiger partial charge >= 0.3 is 5.97 Å². The fraction of sp³-hybridized carbons (Fsp3) is 0.667. The molecule has 1 aliphatic carbocycles. The Morgan fingerprint density at radius 3 is 2.50 bits per heavy atom. The molecule has 0 spiro atoms. The van der Waals surface area contributed by atoms with Gasteiger partial charge in [-0.1, -0.05) is 6.92 Å². The van der Waals surface area contributed by atoms with Crippen LogP contribution in [0.5, 0.6) is 0 Å². The molecule has 20 heavy (non-hydrogen) atoms. The molecule has 0 atom stereocenters. The molecule has 1 heterocycles. The smallest absolute Gasteiger partial charge is 0.357 e. The minimum atomic E-state index is -3.86. The van der Waals surface area contributed by atoms with Crippen LogP contribution in [0.1, 0.15) is 48.8 Å². The molecule has 0 unspecified atom stereocenters. The van der Waals surface area contributed by atoms with Gasteiger partial charge in [0.1, 0.15) is 4.90 Å². The Kier molecular flexibility index (Phi) is 4.14. The molecule has 8 heteroatoms. The molecule has 7 nitrogen and oxygen atoms in total. The zero-order chi connectivity index (χ0) is 14.9. The van der Waals surface area contributed by atoms with Gasteiger partial charge in [-0.05, 0) is 38.5 Å². The summed E-state index contributed by atoms with van der Waals surface area (Å²) >= 11 is 0. The van der Waals surface area contributed by atoms with E-state index in [9.17, 15) is 13.2 Å². The number of hydrogen-bond acceptors (Lipinski definition) is 4. The monoisotopic (exact) mass is 301 g/mol. The first-order valence-corrected chi connectivity index (χ1v) is 8.10. The van der Waals surface area contributed by atoms with Crippen LogP contribution in [-0.2, 0) is 10.0 Å². The summed E-state index contributed by atoms with van der Waals surface area (Å²) in [4.78, 5) is 10.8. The van der Waals surface area contributed by atoms with E-state index < -0.39 is 21.7 Å². The van der Waals surface area contributed by atoms with Gasteiger partial charge in [-0.25, -0.2) is 17.9 Å². The second-order valence-electron chi connectivity index (χ2n) is 5.41. The number of nitrogens with zero attached hydrogens (tertiary/aromatic N) is 1. The zero-order valence-corrected chi connectivity index (χ0v) is 12.3. The quantitative estimate of drug-likeness (QED) is 0.775. The molecule has 1 saturated carbocycles. The molecule has 0 amide bonds. The lowest BCUT2D eigenvalue weighted by atomic mass is 9.88. The topological polar surface area (TPSA) is 112 Å². The lowest BCUT2D eigenvalue weighted by Crippen LogP contribution is -2.38. The van der Waals surface area contributed by atoms with Crippen LogP contribution >= 0.6 is 0 Å². The molecule has 0 bridgehead atoms. The van der Waals surface area contributed by atoms with Crippen molar-refractivity contribution in [2.24, 2.45) is 5.92 Å². The van der Waals surface area contributed by atoms with Gasteiger partial charge in [0, 0.05) is 6.04 Å². The molecule has 3 N–H and O–H groups in total. The largest absolute Gasteiger partial charge is 0.476 e. The van der Waals surface area contributed by atoms with Crippen molar-refractivity contribution in [1.29, 1.82) is 0 Å². The number of nitrogens with one attached hydrogen (secondary N) is 2. The van der Waals surface area contributed by atoms with Crippen molar-refractivity contribution in [3.8, 4) is 0 Å². The molecule has 1 fully saturated rings. The van der Waals surface area contributed by atoms with Crippen LogP contribution < -0.4 is 4.72 Å². The van der Waals surface area contributed by atoms with Crippen molar-refractivity contribution in [2.45, 2.75) is 50.5 Å². The number of H-pyrrole nitrogens is 1. The summed E-state index contributed by atoms with van der Waals surface area (Å²) in [7, 11) is -3.86. The molecule has 112 valence electrons.